The summed E-state index contributed by atoms with van der Waals surface area (Å²) in [6.45, 7) is 1.73. The number of hydrogen-bond acceptors (Lipinski definition) is 3. The first kappa shape index (κ1) is 11.1. The van der Waals surface area contributed by atoms with Gasteiger partial charge in [-0.3, -0.25) is 0 Å². The molecule has 0 radical (unpaired) electrons. The van der Waals surface area contributed by atoms with E-state index in [1.807, 2.05) is 12.1 Å². The molecule has 1 saturated carbocycles. The van der Waals surface area contributed by atoms with Crippen molar-refractivity contribution in [3.05, 3.63) is 41.3 Å². The van der Waals surface area contributed by atoms with E-state index < -0.39 is 0 Å². The molecule has 1 fully saturated rings. The zero-order valence-corrected chi connectivity index (χ0v) is 10.2. The van der Waals surface area contributed by atoms with Crippen LogP contribution >= 0.6 is 0 Å². The Labute approximate surface area is 105 Å². The molecule has 0 amide bonds. The summed E-state index contributed by atoms with van der Waals surface area (Å²) in [6, 6.07) is 6.82. The molecule has 1 aromatic heterocycles. The monoisotopic (exact) mass is 243 g/mol. The van der Waals surface area contributed by atoms with Crippen molar-refractivity contribution < 1.29 is 4.39 Å². The molecule has 0 aliphatic heterocycles. The van der Waals surface area contributed by atoms with Crippen LogP contribution in [0.5, 0.6) is 0 Å². The maximum Gasteiger partial charge on any atom is 0.161 e. The van der Waals surface area contributed by atoms with Crippen molar-refractivity contribution in [2.45, 2.75) is 25.7 Å². The van der Waals surface area contributed by atoms with E-state index in [2.05, 4.69) is 9.97 Å². The zero-order valence-electron chi connectivity index (χ0n) is 10.2. The van der Waals surface area contributed by atoms with E-state index in [1.54, 1.807) is 13.0 Å². The van der Waals surface area contributed by atoms with Crippen LogP contribution in [0.25, 0.3) is 11.4 Å². The predicted molar refractivity (Wildman–Crippen MR) is 68.6 cm³/mol. The normalized spacial score (nSPS) is 14.8. The van der Waals surface area contributed by atoms with Crippen LogP contribution in [0, 0.1) is 12.7 Å². The van der Waals surface area contributed by atoms with Crippen molar-refractivity contribution in [2.24, 2.45) is 0 Å². The molecule has 1 aromatic carbocycles. The topological polar surface area (TPSA) is 51.8 Å². The lowest BCUT2D eigenvalue weighted by Gasteiger charge is -2.06. The Hall–Kier alpha value is -1.97. The molecule has 4 heteroatoms. The molecule has 92 valence electrons. The Kier molecular flexibility index (Phi) is 2.51. The first-order valence-corrected chi connectivity index (χ1v) is 6.04. The number of benzene rings is 1. The second kappa shape index (κ2) is 4.05. The molecule has 0 spiro atoms. The summed E-state index contributed by atoms with van der Waals surface area (Å²) in [5.74, 6) is 1.22. The molecule has 3 nitrogen and oxygen atoms in total. The highest BCUT2D eigenvalue weighted by molar-refractivity contribution is 5.58. The summed E-state index contributed by atoms with van der Waals surface area (Å²) in [6.07, 6.45) is 2.30. The molecular weight excluding hydrogens is 229 g/mol. The highest BCUT2D eigenvalue weighted by Crippen LogP contribution is 2.39. The van der Waals surface area contributed by atoms with Gasteiger partial charge in [0, 0.05) is 23.2 Å². The Balaban J connectivity index is 2.07. The minimum absolute atomic E-state index is 0.244. The van der Waals surface area contributed by atoms with Gasteiger partial charge in [-0.25, -0.2) is 14.4 Å². The minimum Gasteiger partial charge on any atom is -0.384 e. The number of hydrogen-bond donors (Lipinski definition) is 1. The van der Waals surface area contributed by atoms with Crippen LogP contribution in [-0.4, -0.2) is 9.97 Å². The van der Waals surface area contributed by atoms with Gasteiger partial charge in [-0.2, -0.15) is 0 Å². The van der Waals surface area contributed by atoms with Gasteiger partial charge in [0.25, 0.3) is 0 Å². The van der Waals surface area contributed by atoms with Gasteiger partial charge in [0.2, 0.25) is 0 Å². The highest BCUT2D eigenvalue weighted by Gasteiger charge is 2.26. The standard InChI is InChI=1S/C14H14FN3/c1-8-2-3-10(6-11(8)15)14-17-12(9-4-5-9)7-13(16)18-14/h2-3,6-7,9H,4-5H2,1H3,(H2,16,17,18). The minimum atomic E-state index is -0.244. The van der Waals surface area contributed by atoms with Gasteiger partial charge >= 0.3 is 0 Å². The average Bonchev–Trinajstić information content (AvgIpc) is 3.16. The summed E-state index contributed by atoms with van der Waals surface area (Å²) in [7, 11) is 0. The zero-order chi connectivity index (χ0) is 12.7. The SMILES string of the molecule is Cc1ccc(-c2nc(N)cc(C3CC3)n2)cc1F. The van der Waals surface area contributed by atoms with Crippen molar-refractivity contribution in [1.29, 1.82) is 0 Å². The maximum absolute atomic E-state index is 13.6. The quantitative estimate of drug-likeness (QED) is 0.882. The van der Waals surface area contributed by atoms with E-state index >= 15 is 0 Å². The molecule has 2 N–H and O–H groups in total. The summed E-state index contributed by atoms with van der Waals surface area (Å²) < 4.78 is 13.6. The molecular formula is C14H14FN3. The predicted octanol–water partition coefficient (Wildman–Crippen LogP) is 3.05. The van der Waals surface area contributed by atoms with Gasteiger partial charge in [0.05, 0.1) is 0 Å². The lowest BCUT2D eigenvalue weighted by molar-refractivity contribution is 0.619. The van der Waals surface area contributed by atoms with Crippen molar-refractivity contribution in [3.8, 4) is 11.4 Å². The lowest BCUT2D eigenvalue weighted by Crippen LogP contribution is -2.00. The molecule has 1 heterocycles. The van der Waals surface area contributed by atoms with Crippen molar-refractivity contribution in [2.75, 3.05) is 5.73 Å². The second-order valence-corrected chi connectivity index (χ2v) is 4.78. The second-order valence-electron chi connectivity index (χ2n) is 4.78. The van der Waals surface area contributed by atoms with Gasteiger partial charge < -0.3 is 5.73 Å². The highest BCUT2D eigenvalue weighted by atomic mass is 19.1. The van der Waals surface area contributed by atoms with Gasteiger partial charge in [-0.15, -0.1) is 0 Å². The van der Waals surface area contributed by atoms with Gasteiger partial charge in [0.15, 0.2) is 5.82 Å². The molecule has 2 aromatic rings. The molecule has 0 bridgehead atoms. The van der Waals surface area contributed by atoms with Crippen LogP contribution in [0.4, 0.5) is 10.2 Å². The Morgan fingerprint density at radius 3 is 2.67 bits per heavy atom. The Morgan fingerprint density at radius 2 is 2.00 bits per heavy atom. The summed E-state index contributed by atoms with van der Waals surface area (Å²) in [5.41, 5.74) is 8.05. The molecule has 1 aliphatic rings. The summed E-state index contributed by atoms with van der Waals surface area (Å²) >= 11 is 0. The number of nitrogens with two attached hydrogens (primary N) is 1. The first-order valence-electron chi connectivity index (χ1n) is 6.04. The van der Waals surface area contributed by atoms with Crippen LogP contribution in [-0.2, 0) is 0 Å². The van der Waals surface area contributed by atoms with E-state index in [0.29, 0.717) is 28.7 Å². The van der Waals surface area contributed by atoms with E-state index in [0.717, 1.165) is 18.5 Å². The summed E-state index contributed by atoms with van der Waals surface area (Å²) in [5, 5.41) is 0. The number of anilines is 1. The average molecular weight is 243 g/mol. The molecule has 18 heavy (non-hydrogen) atoms. The van der Waals surface area contributed by atoms with E-state index in [-0.39, 0.29) is 5.82 Å². The number of aryl methyl sites for hydroxylation is 1. The van der Waals surface area contributed by atoms with E-state index in [1.165, 1.54) is 6.07 Å². The Morgan fingerprint density at radius 1 is 1.22 bits per heavy atom. The third kappa shape index (κ3) is 2.06. The third-order valence-corrected chi connectivity index (χ3v) is 3.19. The van der Waals surface area contributed by atoms with Crippen molar-refractivity contribution in [1.82, 2.24) is 9.97 Å². The van der Waals surface area contributed by atoms with Gasteiger partial charge in [-0.1, -0.05) is 12.1 Å². The number of halogens is 1. The molecule has 0 saturated heterocycles. The van der Waals surface area contributed by atoms with E-state index in [9.17, 15) is 4.39 Å². The van der Waals surface area contributed by atoms with Crippen LogP contribution in [0.2, 0.25) is 0 Å². The maximum atomic E-state index is 13.6. The Bertz CT molecular complexity index is 606. The van der Waals surface area contributed by atoms with Crippen LogP contribution in [0.1, 0.15) is 30.0 Å². The number of rotatable bonds is 2. The van der Waals surface area contributed by atoms with Gasteiger partial charge in [0.1, 0.15) is 11.6 Å². The molecule has 3 rings (SSSR count). The molecule has 1 aliphatic carbocycles. The molecule has 0 unspecified atom stereocenters. The van der Waals surface area contributed by atoms with Crippen LogP contribution in [0.15, 0.2) is 24.3 Å². The van der Waals surface area contributed by atoms with Crippen molar-refractivity contribution in [3.63, 3.8) is 0 Å². The first-order chi connectivity index (χ1) is 8.63. The third-order valence-electron chi connectivity index (χ3n) is 3.19. The fraction of sp³-hybridized carbons (Fsp3) is 0.286. The van der Waals surface area contributed by atoms with Crippen LogP contribution in [0.3, 0.4) is 0 Å². The van der Waals surface area contributed by atoms with E-state index in [4.69, 9.17) is 5.73 Å². The number of aromatic nitrogens is 2. The van der Waals surface area contributed by atoms with Gasteiger partial charge in [-0.05, 0) is 31.4 Å². The molecule has 0 atom stereocenters. The van der Waals surface area contributed by atoms with Crippen molar-refractivity contribution >= 4 is 5.82 Å². The number of nitrogens with zero attached hydrogens (tertiary/aromatic N) is 2. The number of nitrogen functional groups attached to an aromatic ring is 1. The fourth-order valence-corrected chi connectivity index (χ4v) is 1.93. The largest absolute Gasteiger partial charge is 0.384 e. The summed E-state index contributed by atoms with van der Waals surface area (Å²) in [4.78, 5) is 8.66. The van der Waals surface area contributed by atoms with Crippen LogP contribution < -0.4 is 5.73 Å². The lowest BCUT2D eigenvalue weighted by atomic mass is 10.1. The smallest absolute Gasteiger partial charge is 0.161 e. The fourth-order valence-electron chi connectivity index (χ4n) is 1.93.